The smallest absolute Gasteiger partial charge is 0.230 e. The predicted molar refractivity (Wildman–Crippen MR) is 80.5 cm³/mol. The van der Waals surface area contributed by atoms with Crippen LogP contribution in [-0.2, 0) is 9.59 Å². The third-order valence-electron chi connectivity index (χ3n) is 3.37. The van der Waals surface area contributed by atoms with Crippen molar-refractivity contribution < 1.29 is 18.4 Å². The lowest BCUT2D eigenvalue weighted by molar-refractivity contribution is -0.130. The van der Waals surface area contributed by atoms with Crippen LogP contribution in [0.4, 0.5) is 8.78 Å². The van der Waals surface area contributed by atoms with E-state index in [-0.39, 0.29) is 35.4 Å². The van der Waals surface area contributed by atoms with Crippen LogP contribution in [-0.4, -0.2) is 42.1 Å². The molecule has 22 heavy (non-hydrogen) atoms. The molecule has 0 saturated carbocycles. The molecular formula is C15H18F2N2O2S. The van der Waals surface area contributed by atoms with E-state index in [1.807, 2.05) is 0 Å². The second-order valence-electron chi connectivity index (χ2n) is 5.05. The fourth-order valence-electron chi connectivity index (χ4n) is 2.22. The molecule has 4 nitrogen and oxygen atoms in total. The monoisotopic (exact) mass is 328 g/mol. The van der Waals surface area contributed by atoms with Crippen LogP contribution < -0.4 is 5.32 Å². The Labute approximate surface area is 132 Å². The number of likely N-dealkylation sites (tertiary alicyclic amines) is 1. The average molecular weight is 328 g/mol. The van der Waals surface area contributed by atoms with E-state index in [0.29, 0.717) is 0 Å². The minimum atomic E-state index is -0.679. The van der Waals surface area contributed by atoms with Gasteiger partial charge in [-0.25, -0.2) is 8.78 Å². The van der Waals surface area contributed by atoms with Crippen molar-refractivity contribution in [3.05, 3.63) is 29.8 Å². The zero-order valence-corrected chi connectivity index (χ0v) is 12.9. The number of amides is 2. The minimum Gasteiger partial charge on any atom is -0.355 e. The molecule has 1 fully saturated rings. The quantitative estimate of drug-likeness (QED) is 0.815. The maximum Gasteiger partial charge on any atom is 0.230 e. The molecule has 1 heterocycles. The standard InChI is InChI=1S/C15H18F2N2O2S/c16-11-3-4-13(12(17)9-11)22-10-14(20)18-6-5-15(21)19-7-1-2-8-19/h3-4,9H,1-2,5-8,10H2,(H,18,20). The van der Waals surface area contributed by atoms with Gasteiger partial charge in [-0.05, 0) is 25.0 Å². The van der Waals surface area contributed by atoms with Crippen molar-refractivity contribution in [1.82, 2.24) is 10.2 Å². The molecule has 120 valence electrons. The highest BCUT2D eigenvalue weighted by atomic mass is 32.2. The number of benzene rings is 1. The highest BCUT2D eigenvalue weighted by Gasteiger charge is 2.17. The van der Waals surface area contributed by atoms with E-state index in [2.05, 4.69) is 5.32 Å². The normalized spacial score (nSPS) is 14.2. The van der Waals surface area contributed by atoms with Crippen molar-refractivity contribution in [2.75, 3.05) is 25.4 Å². The minimum absolute atomic E-state index is 0.0282. The van der Waals surface area contributed by atoms with Crippen molar-refractivity contribution in [2.24, 2.45) is 0 Å². The number of carbonyl (C=O) groups is 2. The van der Waals surface area contributed by atoms with Crippen molar-refractivity contribution >= 4 is 23.6 Å². The predicted octanol–water partition coefficient (Wildman–Crippen LogP) is 2.19. The first kappa shape index (κ1) is 16.7. The molecule has 0 spiro atoms. The zero-order chi connectivity index (χ0) is 15.9. The van der Waals surface area contributed by atoms with Crippen LogP contribution in [0.15, 0.2) is 23.1 Å². The molecule has 1 N–H and O–H groups in total. The second-order valence-corrected chi connectivity index (χ2v) is 6.07. The van der Waals surface area contributed by atoms with E-state index in [9.17, 15) is 18.4 Å². The molecule has 2 rings (SSSR count). The van der Waals surface area contributed by atoms with Gasteiger partial charge < -0.3 is 10.2 Å². The molecule has 1 aliphatic heterocycles. The largest absolute Gasteiger partial charge is 0.355 e. The highest BCUT2D eigenvalue weighted by molar-refractivity contribution is 8.00. The van der Waals surface area contributed by atoms with E-state index in [1.54, 1.807) is 4.90 Å². The maximum absolute atomic E-state index is 13.4. The number of hydrogen-bond donors (Lipinski definition) is 1. The number of rotatable bonds is 6. The van der Waals surface area contributed by atoms with Gasteiger partial charge in [-0.3, -0.25) is 9.59 Å². The zero-order valence-electron chi connectivity index (χ0n) is 12.1. The first-order valence-electron chi connectivity index (χ1n) is 7.18. The van der Waals surface area contributed by atoms with Gasteiger partial charge in [-0.2, -0.15) is 0 Å². The lowest BCUT2D eigenvalue weighted by Gasteiger charge is -2.15. The molecule has 0 aliphatic carbocycles. The first-order valence-corrected chi connectivity index (χ1v) is 8.17. The van der Waals surface area contributed by atoms with Gasteiger partial charge in [0.2, 0.25) is 11.8 Å². The lowest BCUT2D eigenvalue weighted by Crippen LogP contribution is -2.33. The van der Waals surface area contributed by atoms with Crippen molar-refractivity contribution in [2.45, 2.75) is 24.2 Å². The van der Waals surface area contributed by atoms with Crippen LogP contribution >= 0.6 is 11.8 Å². The Morgan fingerprint density at radius 2 is 1.95 bits per heavy atom. The van der Waals surface area contributed by atoms with Gasteiger partial charge in [-0.1, -0.05) is 0 Å². The molecule has 2 amide bonds. The molecule has 0 radical (unpaired) electrons. The van der Waals surface area contributed by atoms with E-state index in [1.165, 1.54) is 6.07 Å². The number of thioether (sulfide) groups is 1. The molecule has 0 aromatic heterocycles. The van der Waals surface area contributed by atoms with Crippen molar-refractivity contribution in [1.29, 1.82) is 0 Å². The number of nitrogens with one attached hydrogen (secondary N) is 1. The third kappa shape index (κ3) is 4.98. The summed E-state index contributed by atoms with van der Waals surface area (Å²) in [5.74, 6) is -1.52. The van der Waals surface area contributed by atoms with Gasteiger partial charge in [0, 0.05) is 37.0 Å². The first-order chi connectivity index (χ1) is 10.6. The number of nitrogens with zero attached hydrogens (tertiary/aromatic N) is 1. The number of carbonyl (C=O) groups excluding carboxylic acids is 2. The highest BCUT2D eigenvalue weighted by Crippen LogP contribution is 2.21. The molecule has 7 heteroatoms. The Morgan fingerprint density at radius 3 is 2.64 bits per heavy atom. The number of hydrogen-bond acceptors (Lipinski definition) is 3. The summed E-state index contributed by atoms with van der Waals surface area (Å²) in [5, 5.41) is 2.63. The topological polar surface area (TPSA) is 49.4 Å². The lowest BCUT2D eigenvalue weighted by atomic mass is 10.3. The van der Waals surface area contributed by atoms with Crippen molar-refractivity contribution in [3.8, 4) is 0 Å². The van der Waals surface area contributed by atoms with Crippen LogP contribution in [0, 0.1) is 11.6 Å². The molecule has 0 unspecified atom stereocenters. The van der Waals surface area contributed by atoms with E-state index in [0.717, 1.165) is 49.8 Å². The summed E-state index contributed by atoms with van der Waals surface area (Å²) in [6.45, 7) is 1.87. The Bertz CT molecular complexity index is 548. The summed E-state index contributed by atoms with van der Waals surface area (Å²) < 4.78 is 26.1. The maximum atomic E-state index is 13.4. The third-order valence-corrected chi connectivity index (χ3v) is 4.42. The molecule has 0 atom stereocenters. The number of halogens is 2. The molecule has 1 aromatic carbocycles. The van der Waals surface area contributed by atoms with Gasteiger partial charge in [0.05, 0.1) is 5.75 Å². The molecule has 1 saturated heterocycles. The molecule has 1 aromatic rings. The summed E-state index contributed by atoms with van der Waals surface area (Å²) in [7, 11) is 0. The van der Waals surface area contributed by atoms with Crippen LogP contribution in [0.1, 0.15) is 19.3 Å². The van der Waals surface area contributed by atoms with Gasteiger partial charge in [0.1, 0.15) is 11.6 Å². The Hall–Kier alpha value is -1.63. The second kappa shape index (κ2) is 8.12. The van der Waals surface area contributed by atoms with Crippen molar-refractivity contribution in [3.63, 3.8) is 0 Å². The molecular weight excluding hydrogens is 310 g/mol. The Balaban J connectivity index is 1.66. The summed E-state index contributed by atoms with van der Waals surface area (Å²) in [6.07, 6.45) is 2.36. The summed E-state index contributed by atoms with van der Waals surface area (Å²) in [6, 6.07) is 3.24. The Kier molecular flexibility index (Phi) is 6.18. The Morgan fingerprint density at radius 1 is 1.23 bits per heavy atom. The van der Waals surface area contributed by atoms with Gasteiger partial charge in [0.15, 0.2) is 0 Å². The van der Waals surface area contributed by atoms with E-state index < -0.39 is 11.6 Å². The summed E-state index contributed by atoms with van der Waals surface area (Å²) in [4.78, 5) is 25.4. The average Bonchev–Trinajstić information content (AvgIpc) is 3.00. The molecule has 0 bridgehead atoms. The summed E-state index contributed by atoms with van der Waals surface area (Å²) >= 11 is 0.999. The van der Waals surface area contributed by atoms with Crippen LogP contribution in [0.2, 0.25) is 0 Å². The van der Waals surface area contributed by atoms with Crippen LogP contribution in [0.25, 0.3) is 0 Å². The SMILES string of the molecule is O=C(CSc1ccc(F)cc1F)NCCC(=O)N1CCCC1. The van der Waals surface area contributed by atoms with Crippen LogP contribution in [0.5, 0.6) is 0 Å². The molecule has 1 aliphatic rings. The van der Waals surface area contributed by atoms with Gasteiger partial charge in [0.25, 0.3) is 0 Å². The van der Waals surface area contributed by atoms with Gasteiger partial charge in [-0.15, -0.1) is 11.8 Å². The fraction of sp³-hybridized carbons (Fsp3) is 0.467. The van der Waals surface area contributed by atoms with E-state index >= 15 is 0 Å². The van der Waals surface area contributed by atoms with E-state index in [4.69, 9.17) is 0 Å². The van der Waals surface area contributed by atoms with Gasteiger partial charge >= 0.3 is 0 Å². The van der Waals surface area contributed by atoms with Crippen LogP contribution in [0.3, 0.4) is 0 Å². The fourth-order valence-corrected chi connectivity index (χ4v) is 2.97. The summed E-state index contributed by atoms with van der Waals surface area (Å²) in [5.41, 5.74) is 0.